The van der Waals surface area contributed by atoms with E-state index in [9.17, 15) is 0 Å². The molecule has 0 spiro atoms. The normalized spacial score (nSPS) is 13.3. The van der Waals surface area contributed by atoms with Crippen LogP contribution in [-0.2, 0) is 5.41 Å². The highest BCUT2D eigenvalue weighted by atomic mass is 15.1. The Bertz CT molecular complexity index is 3220. The molecule has 1 nitrogen and oxygen atoms in total. The average molecular weight is 780 g/mol. The van der Waals surface area contributed by atoms with Crippen molar-refractivity contribution in [3.63, 3.8) is 0 Å². The molecule has 9 aromatic carbocycles. The van der Waals surface area contributed by atoms with Crippen LogP contribution in [0.5, 0.6) is 0 Å². The lowest BCUT2D eigenvalue weighted by Crippen LogP contribution is -2.20. The fourth-order valence-corrected chi connectivity index (χ4v) is 9.39. The van der Waals surface area contributed by atoms with Gasteiger partial charge in [-0.25, -0.2) is 0 Å². The van der Waals surface area contributed by atoms with E-state index in [1.165, 1.54) is 60.5 Å². The van der Waals surface area contributed by atoms with Gasteiger partial charge >= 0.3 is 0 Å². The van der Waals surface area contributed by atoms with Gasteiger partial charge in [0.25, 0.3) is 0 Å². The maximum absolute atomic E-state index is 6.72. The second kappa shape index (κ2) is 15.5. The molecule has 0 unspecified atom stereocenters. The number of fused-ring (bicyclic) bond motifs is 3. The van der Waals surface area contributed by atoms with Gasteiger partial charge in [0.05, 0.1) is 11.4 Å². The lowest BCUT2D eigenvalue weighted by atomic mass is 9.80. The van der Waals surface area contributed by atoms with Crippen LogP contribution >= 0.6 is 0 Å². The van der Waals surface area contributed by atoms with Gasteiger partial charge in [0.2, 0.25) is 0 Å². The van der Waals surface area contributed by atoms with Gasteiger partial charge in [-0.2, -0.15) is 0 Å². The molecule has 61 heavy (non-hydrogen) atoms. The SMILES string of the molecule is C#C/C(=C\C1=C(C)c2ccccc2C1(C)C)N(c1ccc(-c2cccc(-c3ccc4ccccc4c3)c2)cc1)c1cc(-c2cccc3ccccc23)ccc1-c1ccccc1. The van der Waals surface area contributed by atoms with Crippen LogP contribution in [0.2, 0.25) is 0 Å². The zero-order valence-electron chi connectivity index (χ0n) is 34.7. The number of benzene rings is 9. The van der Waals surface area contributed by atoms with Crippen LogP contribution in [-0.4, -0.2) is 0 Å². The fraction of sp³-hybridized carbons (Fsp3) is 0.0667. The van der Waals surface area contributed by atoms with E-state index < -0.39 is 0 Å². The molecule has 0 fully saturated rings. The second-order valence-electron chi connectivity index (χ2n) is 16.5. The first kappa shape index (κ1) is 37.6. The summed E-state index contributed by atoms with van der Waals surface area (Å²) in [6.45, 7) is 6.85. The average Bonchev–Trinajstić information content (AvgIpc) is 3.51. The molecule has 0 aliphatic heterocycles. The van der Waals surface area contributed by atoms with Gasteiger partial charge in [0.15, 0.2) is 0 Å². The third kappa shape index (κ3) is 6.83. The van der Waals surface area contributed by atoms with Crippen LogP contribution in [0.25, 0.3) is 71.6 Å². The minimum absolute atomic E-state index is 0.235. The van der Waals surface area contributed by atoms with Crippen molar-refractivity contribution in [2.75, 3.05) is 4.90 Å². The standard InChI is InChI=1S/C60H45N/c1-5-51(40-58-41(2)53-25-13-14-28-57(53)60(58,3)4)61(52-34-31-43(32-35-52)47-23-15-24-48(37-47)49-30-29-42-17-9-10-21-46(42)38-49)59-39-50(33-36-56(59)45-18-7-6-8-19-45)55-27-16-22-44-20-11-12-26-54(44)55/h1,6-40H,2-4H3/b51-40+. The molecule has 0 amide bonds. The maximum Gasteiger partial charge on any atom is 0.0970 e. The Morgan fingerprint density at radius 3 is 1.85 bits per heavy atom. The second-order valence-corrected chi connectivity index (χ2v) is 16.5. The molecule has 0 saturated carbocycles. The van der Waals surface area contributed by atoms with Crippen molar-refractivity contribution in [2.24, 2.45) is 0 Å². The monoisotopic (exact) mass is 779 g/mol. The summed E-state index contributed by atoms with van der Waals surface area (Å²) < 4.78 is 0. The van der Waals surface area contributed by atoms with Gasteiger partial charge in [-0.1, -0.05) is 196 Å². The molecule has 10 rings (SSSR count). The summed E-state index contributed by atoms with van der Waals surface area (Å²) >= 11 is 0. The van der Waals surface area contributed by atoms with Crippen molar-refractivity contribution in [1.82, 2.24) is 0 Å². The van der Waals surface area contributed by atoms with Crippen LogP contribution in [0.1, 0.15) is 31.9 Å². The first-order valence-corrected chi connectivity index (χ1v) is 21.0. The Morgan fingerprint density at radius 1 is 0.475 bits per heavy atom. The molecule has 0 radical (unpaired) electrons. The highest BCUT2D eigenvalue weighted by molar-refractivity contribution is 5.99. The van der Waals surface area contributed by atoms with Crippen LogP contribution in [0.4, 0.5) is 11.4 Å². The highest BCUT2D eigenvalue weighted by Gasteiger charge is 2.35. The molecular formula is C60H45N. The number of terminal acetylenes is 1. The van der Waals surface area contributed by atoms with E-state index in [-0.39, 0.29) is 5.41 Å². The number of allylic oxidation sites excluding steroid dienone is 4. The molecule has 9 aromatic rings. The van der Waals surface area contributed by atoms with Crippen molar-refractivity contribution in [3.05, 3.63) is 235 Å². The first-order valence-electron chi connectivity index (χ1n) is 21.0. The van der Waals surface area contributed by atoms with Gasteiger partial charge in [-0.15, -0.1) is 6.42 Å². The summed E-state index contributed by atoms with van der Waals surface area (Å²) in [4.78, 5) is 2.30. The van der Waals surface area contributed by atoms with Crippen LogP contribution in [0.15, 0.2) is 224 Å². The molecule has 0 aromatic heterocycles. The molecular weight excluding hydrogens is 735 g/mol. The summed E-state index contributed by atoms with van der Waals surface area (Å²) in [7, 11) is 0. The van der Waals surface area contributed by atoms with E-state index >= 15 is 0 Å². The Morgan fingerprint density at radius 2 is 1.07 bits per heavy atom. The summed E-state index contributed by atoms with van der Waals surface area (Å²) in [5, 5.41) is 4.90. The van der Waals surface area contributed by atoms with Crippen LogP contribution in [0.3, 0.4) is 0 Å². The molecule has 290 valence electrons. The van der Waals surface area contributed by atoms with Crippen molar-refractivity contribution >= 4 is 38.5 Å². The number of nitrogens with zero attached hydrogens (tertiary/aromatic N) is 1. The number of hydrogen-bond acceptors (Lipinski definition) is 1. The Kier molecular flexibility index (Phi) is 9.55. The van der Waals surface area contributed by atoms with Crippen molar-refractivity contribution < 1.29 is 0 Å². The minimum atomic E-state index is -0.235. The maximum atomic E-state index is 6.72. The van der Waals surface area contributed by atoms with Gasteiger partial charge in [-0.05, 0) is 126 Å². The van der Waals surface area contributed by atoms with E-state index in [1.807, 2.05) is 0 Å². The summed E-state index contributed by atoms with van der Waals surface area (Å²) in [6.07, 6.45) is 8.98. The van der Waals surface area contributed by atoms with Crippen molar-refractivity contribution in [3.8, 4) is 56.9 Å². The largest absolute Gasteiger partial charge is 0.303 e. The zero-order chi connectivity index (χ0) is 41.5. The number of rotatable bonds is 8. The van der Waals surface area contributed by atoms with E-state index in [0.717, 1.165) is 44.9 Å². The first-order chi connectivity index (χ1) is 29.9. The van der Waals surface area contributed by atoms with Crippen molar-refractivity contribution in [2.45, 2.75) is 26.2 Å². The summed E-state index contributed by atoms with van der Waals surface area (Å²) in [5.74, 6) is 3.22. The molecule has 1 aliphatic rings. The van der Waals surface area contributed by atoms with Crippen molar-refractivity contribution in [1.29, 1.82) is 0 Å². The third-order valence-electron chi connectivity index (χ3n) is 12.6. The minimum Gasteiger partial charge on any atom is -0.303 e. The molecule has 0 atom stereocenters. The Balaban J connectivity index is 1.15. The van der Waals surface area contributed by atoms with Crippen LogP contribution < -0.4 is 4.90 Å². The van der Waals surface area contributed by atoms with Gasteiger partial charge in [0, 0.05) is 16.7 Å². The van der Waals surface area contributed by atoms with Crippen LogP contribution in [0, 0.1) is 12.3 Å². The topological polar surface area (TPSA) is 3.24 Å². The smallest absolute Gasteiger partial charge is 0.0970 e. The molecule has 0 bridgehead atoms. The molecule has 0 N–H and O–H groups in total. The quantitative estimate of drug-likeness (QED) is 0.139. The van der Waals surface area contributed by atoms with Gasteiger partial charge < -0.3 is 4.90 Å². The molecule has 1 heteroatoms. The number of hydrogen-bond donors (Lipinski definition) is 0. The lowest BCUT2D eigenvalue weighted by molar-refractivity contribution is 0.653. The van der Waals surface area contributed by atoms with E-state index in [0.29, 0.717) is 0 Å². The number of anilines is 2. The predicted octanol–water partition coefficient (Wildman–Crippen LogP) is 16.1. The zero-order valence-corrected chi connectivity index (χ0v) is 34.7. The highest BCUT2D eigenvalue weighted by Crippen LogP contribution is 2.48. The third-order valence-corrected chi connectivity index (χ3v) is 12.6. The molecule has 1 aliphatic carbocycles. The van der Waals surface area contributed by atoms with E-state index in [1.54, 1.807) is 0 Å². The summed E-state index contributed by atoms with van der Waals surface area (Å²) in [5.41, 5.74) is 16.8. The lowest BCUT2D eigenvalue weighted by Gasteiger charge is -2.30. The fourth-order valence-electron chi connectivity index (χ4n) is 9.39. The van der Waals surface area contributed by atoms with Gasteiger partial charge in [-0.3, -0.25) is 0 Å². The molecule has 0 saturated heterocycles. The summed E-state index contributed by atoms with van der Waals surface area (Å²) in [6, 6.07) is 74.4. The van der Waals surface area contributed by atoms with E-state index in [2.05, 4.69) is 244 Å². The van der Waals surface area contributed by atoms with E-state index in [4.69, 9.17) is 6.42 Å². The Hall–Kier alpha value is -7.66. The Labute approximate surface area is 359 Å². The van der Waals surface area contributed by atoms with Gasteiger partial charge in [0.1, 0.15) is 0 Å². The predicted molar refractivity (Wildman–Crippen MR) is 261 cm³/mol. The molecule has 0 heterocycles.